The molecular weight excluding hydrogens is 457 g/mol. The monoisotopic (exact) mass is 473 g/mol. The van der Waals surface area contributed by atoms with Crippen LogP contribution in [0.2, 0.25) is 0 Å². The first-order chi connectivity index (χ1) is 16.9. The van der Waals surface area contributed by atoms with E-state index in [1.165, 1.54) is 52.2 Å². The fourth-order valence-corrected chi connectivity index (χ4v) is 4.67. The van der Waals surface area contributed by atoms with Crippen LogP contribution in [0.4, 0.5) is 4.39 Å². The molecule has 0 amide bonds. The van der Waals surface area contributed by atoms with Crippen LogP contribution in [-0.2, 0) is 13.6 Å². The van der Waals surface area contributed by atoms with E-state index < -0.39 is 17.3 Å². The number of hydrogen-bond donors (Lipinski definition) is 3. The van der Waals surface area contributed by atoms with Crippen molar-refractivity contribution in [1.29, 1.82) is 0 Å². The number of imidazole rings is 1. The molecule has 0 aliphatic heterocycles. The average Bonchev–Trinajstić information content (AvgIpc) is 3.56. The molecule has 0 aliphatic rings. The zero-order valence-corrected chi connectivity index (χ0v) is 18.1. The van der Waals surface area contributed by atoms with Crippen LogP contribution >= 0.6 is 0 Å². The summed E-state index contributed by atoms with van der Waals surface area (Å²) in [5.41, 5.74) is 0.789. The number of furan rings is 1. The second-order valence-electron chi connectivity index (χ2n) is 8.11. The molecule has 11 heteroatoms. The van der Waals surface area contributed by atoms with Crippen molar-refractivity contribution in [2.45, 2.75) is 6.54 Å². The molecule has 174 valence electrons. The summed E-state index contributed by atoms with van der Waals surface area (Å²) in [5.74, 6) is -1.94. The van der Waals surface area contributed by atoms with Gasteiger partial charge in [-0.25, -0.2) is 14.2 Å². The third-order valence-corrected chi connectivity index (χ3v) is 6.22. The number of benzene rings is 1. The van der Waals surface area contributed by atoms with Gasteiger partial charge >= 0.3 is 5.97 Å². The van der Waals surface area contributed by atoms with Crippen molar-refractivity contribution in [2.75, 3.05) is 0 Å². The molecule has 0 aliphatic carbocycles. The molecule has 0 spiro atoms. The number of H-pyrrole nitrogens is 2. The molecule has 0 fully saturated rings. The van der Waals surface area contributed by atoms with Crippen molar-refractivity contribution in [3.05, 3.63) is 86.9 Å². The lowest BCUT2D eigenvalue weighted by Gasteiger charge is -2.11. The molecule has 35 heavy (non-hydrogen) atoms. The molecule has 6 aromatic rings. The standard InChI is InChI=1S/C24H16FN5O5/c1-29-16(31)7-11(19-22(29)28-10-27-19)9-30-15-8-14(25)12-4-6-35-21(12)18(15)17(20(30)24(33)34)13-3-2-5-26-23(13)32/h2-8,10H,9H2,1H3,(H,26,32)(H,27,28)(H,33,34). The third-order valence-electron chi connectivity index (χ3n) is 6.22. The summed E-state index contributed by atoms with van der Waals surface area (Å²) in [6, 6.07) is 7.09. The number of nitrogens with zero attached hydrogens (tertiary/aromatic N) is 3. The van der Waals surface area contributed by atoms with Crippen LogP contribution in [0.3, 0.4) is 0 Å². The summed E-state index contributed by atoms with van der Waals surface area (Å²) in [6.45, 7) is -0.108. The van der Waals surface area contributed by atoms with Crippen LogP contribution in [0.15, 0.2) is 63.1 Å². The van der Waals surface area contributed by atoms with E-state index in [2.05, 4.69) is 15.0 Å². The van der Waals surface area contributed by atoms with Crippen LogP contribution in [0, 0.1) is 5.82 Å². The van der Waals surface area contributed by atoms with Gasteiger partial charge in [0.15, 0.2) is 5.65 Å². The summed E-state index contributed by atoms with van der Waals surface area (Å²) < 4.78 is 23.4. The average molecular weight is 473 g/mol. The van der Waals surface area contributed by atoms with E-state index in [4.69, 9.17) is 4.42 Å². The number of aromatic nitrogens is 5. The summed E-state index contributed by atoms with van der Waals surface area (Å²) in [7, 11) is 1.58. The van der Waals surface area contributed by atoms with Gasteiger partial charge in [0.1, 0.15) is 17.1 Å². The maximum atomic E-state index is 15.1. The van der Waals surface area contributed by atoms with Crippen LogP contribution in [0.25, 0.3) is 44.2 Å². The number of carbonyl (C=O) groups is 1. The van der Waals surface area contributed by atoms with Crippen LogP contribution in [-0.4, -0.2) is 35.2 Å². The van der Waals surface area contributed by atoms with Crippen molar-refractivity contribution in [3.8, 4) is 11.1 Å². The molecular formula is C24H16FN5O5. The summed E-state index contributed by atoms with van der Waals surface area (Å²) in [6.07, 6.45) is 4.17. The Hall–Kier alpha value is -4.93. The van der Waals surface area contributed by atoms with Crippen molar-refractivity contribution >= 4 is 39.0 Å². The summed E-state index contributed by atoms with van der Waals surface area (Å²) in [5, 5.41) is 10.7. The van der Waals surface area contributed by atoms with Crippen LogP contribution < -0.4 is 11.1 Å². The minimum atomic E-state index is -1.33. The van der Waals surface area contributed by atoms with E-state index in [1.807, 2.05) is 0 Å². The fraction of sp³-hybridized carbons (Fsp3) is 0.0833. The Morgan fingerprint density at radius 1 is 1.23 bits per heavy atom. The van der Waals surface area contributed by atoms with E-state index >= 15 is 4.39 Å². The molecule has 0 unspecified atom stereocenters. The topological polar surface area (TPSA) is 139 Å². The van der Waals surface area contributed by atoms with Crippen LogP contribution in [0.1, 0.15) is 16.1 Å². The highest BCUT2D eigenvalue weighted by Gasteiger charge is 2.29. The van der Waals surface area contributed by atoms with Crippen molar-refractivity contribution < 1.29 is 18.7 Å². The van der Waals surface area contributed by atoms with Gasteiger partial charge in [0.2, 0.25) is 0 Å². The van der Waals surface area contributed by atoms with Gasteiger partial charge < -0.3 is 24.1 Å². The van der Waals surface area contributed by atoms with Gasteiger partial charge in [-0.3, -0.25) is 14.2 Å². The maximum absolute atomic E-state index is 15.1. The molecule has 0 saturated carbocycles. The Morgan fingerprint density at radius 3 is 2.83 bits per heavy atom. The Labute approximate surface area is 193 Å². The van der Waals surface area contributed by atoms with Gasteiger partial charge in [-0.15, -0.1) is 0 Å². The van der Waals surface area contributed by atoms with E-state index in [0.717, 1.165) is 0 Å². The molecule has 0 bridgehead atoms. The normalized spacial score (nSPS) is 11.7. The number of aromatic carboxylic acids is 1. The second-order valence-corrected chi connectivity index (χ2v) is 8.11. The molecule has 5 heterocycles. The van der Waals surface area contributed by atoms with Gasteiger partial charge in [0.25, 0.3) is 11.1 Å². The Bertz CT molecular complexity index is 1940. The zero-order chi connectivity index (χ0) is 24.4. The number of fused-ring (bicyclic) bond motifs is 4. The lowest BCUT2D eigenvalue weighted by molar-refractivity contribution is 0.0687. The number of carboxylic acid groups (broad SMARTS) is 1. The molecule has 10 nitrogen and oxygen atoms in total. The number of halogens is 1. The number of pyridine rings is 2. The van der Waals surface area contributed by atoms with Gasteiger partial charge in [-0.2, -0.15) is 0 Å². The number of nitrogens with one attached hydrogen (secondary N) is 2. The molecule has 3 N–H and O–H groups in total. The van der Waals surface area contributed by atoms with E-state index in [-0.39, 0.29) is 50.8 Å². The molecule has 6 rings (SSSR count). The number of rotatable bonds is 4. The summed E-state index contributed by atoms with van der Waals surface area (Å²) >= 11 is 0. The minimum absolute atomic E-state index is 0.0913. The summed E-state index contributed by atoms with van der Waals surface area (Å²) in [4.78, 5) is 47.6. The van der Waals surface area contributed by atoms with Gasteiger partial charge in [0, 0.05) is 30.4 Å². The molecule has 0 radical (unpaired) electrons. The Kier molecular flexibility index (Phi) is 4.30. The highest BCUT2D eigenvalue weighted by atomic mass is 19.1. The molecule has 1 aromatic carbocycles. The van der Waals surface area contributed by atoms with Gasteiger partial charge in [0.05, 0.1) is 46.5 Å². The fourth-order valence-electron chi connectivity index (χ4n) is 4.67. The van der Waals surface area contributed by atoms with E-state index in [0.29, 0.717) is 16.7 Å². The minimum Gasteiger partial charge on any atom is -0.477 e. The lowest BCUT2D eigenvalue weighted by Crippen LogP contribution is -2.19. The predicted octanol–water partition coefficient (Wildman–Crippen LogP) is 3.20. The number of carboxylic acids is 1. The van der Waals surface area contributed by atoms with Crippen molar-refractivity contribution in [2.24, 2.45) is 7.05 Å². The van der Waals surface area contributed by atoms with Gasteiger partial charge in [-0.1, -0.05) is 0 Å². The van der Waals surface area contributed by atoms with Crippen molar-refractivity contribution in [1.82, 2.24) is 24.1 Å². The number of aromatic amines is 2. The zero-order valence-electron chi connectivity index (χ0n) is 18.1. The Morgan fingerprint density at radius 2 is 2.06 bits per heavy atom. The number of aryl methyl sites for hydroxylation is 1. The second kappa shape index (κ2) is 7.29. The first-order valence-electron chi connectivity index (χ1n) is 10.5. The number of hydrogen-bond acceptors (Lipinski definition) is 5. The maximum Gasteiger partial charge on any atom is 0.353 e. The SMILES string of the molecule is Cn1c(=O)cc(Cn2c(C(=O)O)c(-c3ccc[nH]c3=O)c3c4occc4c(F)cc32)c2[nH]cnc21. The largest absolute Gasteiger partial charge is 0.477 e. The highest BCUT2D eigenvalue weighted by Crippen LogP contribution is 2.40. The smallest absolute Gasteiger partial charge is 0.353 e. The molecule has 5 aromatic heterocycles. The Balaban J connectivity index is 1.78. The molecule has 0 saturated heterocycles. The van der Waals surface area contributed by atoms with E-state index in [1.54, 1.807) is 13.1 Å². The highest BCUT2D eigenvalue weighted by molar-refractivity contribution is 6.17. The first-order valence-corrected chi connectivity index (χ1v) is 10.5. The van der Waals surface area contributed by atoms with Gasteiger partial charge in [-0.05, 0) is 24.3 Å². The first kappa shape index (κ1) is 20.7. The predicted molar refractivity (Wildman–Crippen MR) is 125 cm³/mol. The van der Waals surface area contributed by atoms with E-state index in [9.17, 15) is 19.5 Å². The quantitative estimate of drug-likeness (QED) is 0.359. The van der Waals surface area contributed by atoms with Crippen molar-refractivity contribution in [3.63, 3.8) is 0 Å². The lowest BCUT2D eigenvalue weighted by atomic mass is 10.0. The third kappa shape index (κ3) is 2.88. The molecule has 0 atom stereocenters. The van der Waals surface area contributed by atoms with Crippen LogP contribution in [0.5, 0.6) is 0 Å².